The van der Waals surface area contributed by atoms with Gasteiger partial charge in [-0.25, -0.2) is 4.79 Å². The van der Waals surface area contributed by atoms with E-state index in [4.69, 9.17) is 0 Å². The van der Waals surface area contributed by atoms with Crippen molar-refractivity contribution in [1.29, 1.82) is 0 Å². The minimum atomic E-state index is -0.554. The first-order chi connectivity index (χ1) is 12.9. The molecule has 0 saturated carbocycles. The van der Waals surface area contributed by atoms with E-state index in [-0.39, 0.29) is 18.4 Å². The highest BCUT2D eigenvalue weighted by Gasteiger charge is 2.34. The standard InChI is InChI=1S/C19H22N4O4/c1-21-14(11-16(24)22(2)19(21)27)12-20-17(25)15-9-6-10-23(15)18(26)13-7-4-3-5-8-13/h3-5,7-8,11,15H,6,9-10,12H2,1-2H3,(H,20,25). The van der Waals surface area contributed by atoms with E-state index in [0.29, 0.717) is 24.2 Å². The van der Waals surface area contributed by atoms with Crippen LogP contribution in [0.15, 0.2) is 46.0 Å². The highest BCUT2D eigenvalue weighted by atomic mass is 16.2. The molecule has 0 radical (unpaired) electrons. The molecule has 2 amide bonds. The second-order valence-electron chi connectivity index (χ2n) is 6.61. The fourth-order valence-electron chi connectivity index (χ4n) is 3.27. The lowest BCUT2D eigenvalue weighted by Crippen LogP contribution is -2.46. The van der Waals surface area contributed by atoms with Crippen molar-refractivity contribution in [3.8, 4) is 0 Å². The minimum Gasteiger partial charge on any atom is -0.349 e. The van der Waals surface area contributed by atoms with Crippen molar-refractivity contribution in [2.75, 3.05) is 6.54 Å². The second-order valence-corrected chi connectivity index (χ2v) is 6.61. The quantitative estimate of drug-likeness (QED) is 0.820. The fourth-order valence-corrected chi connectivity index (χ4v) is 3.27. The third-order valence-corrected chi connectivity index (χ3v) is 4.91. The summed E-state index contributed by atoms with van der Waals surface area (Å²) in [5.41, 5.74) is 0.0825. The minimum absolute atomic E-state index is 0.0462. The number of amides is 2. The fraction of sp³-hybridized carbons (Fsp3) is 0.368. The number of likely N-dealkylation sites (tertiary alicyclic amines) is 1. The number of benzene rings is 1. The van der Waals surface area contributed by atoms with Crippen LogP contribution in [0, 0.1) is 0 Å². The van der Waals surface area contributed by atoms with Gasteiger partial charge in [0.25, 0.3) is 11.5 Å². The van der Waals surface area contributed by atoms with Crippen LogP contribution in [-0.2, 0) is 25.4 Å². The summed E-state index contributed by atoms with van der Waals surface area (Å²) in [4.78, 5) is 50.7. The summed E-state index contributed by atoms with van der Waals surface area (Å²) in [6, 6.07) is 9.63. The summed E-state index contributed by atoms with van der Waals surface area (Å²) in [6.07, 6.45) is 1.33. The lowest BCUT2D eigenvalue weighted by Gasteiger charge is -2.24. The molecule has 1 atom stereocenters. The van der Waals surface area contributed by atoms with Gasteiger partial charge in [0.1, 0.15) is 6.04 Å². The van der Waals surface area contributed by atoms with Crippen LogP contribution in [0.5, 0.6) is 0 Å². The van der Waals surface area contributed by atoms with Crippen LogP contribution in [-0.4, -0.2) is 38.4 Å². The predicted molar refractivity (Wildman–Crippen MR) is 99.3 cm³/mol. The lowest BCUT2D eigenvalue weighted by molar-refractivity contribution is -0.125. The molecule has 2 heterocycles. The number of carbonyl (C=O) groups is 2. The Balaban J connectivity index is 1.72. The smallest absolute Gasteiger partial charge is 0.330 e. The van der Waals surface area contributed by atoms with Crippen LogP contribution in [0.2, 0.25) is 0 Å². The van der Waals surface area contributed by atoms with Gasteiger partial charge in [-0.2, -0.15) is 0 Å². The Kier molecular flexibility index (Phi) is 5.25. The van der Waals surface area contributed by atoms with Gasteiger partial charge >= 0.3 is 5.69 Å². The van der Waals surface area contributed by atoms with E-state index >= 15 is 0 Å². The van der Waals surface area contributed by atoms with Gasteiger partial charge in [-0.15, -0.1) is 0 Å². The highest BCUT2D eigenvalue weighted by Crippen LogP contribution is 2.20. The SMILES string of the molecule is Cn1c(CNC(=O)C2CCCN2C(=O)c2ccccc2)cc(=O)n(C)c1=O. The van der Waals surface area contributed by atoms with Crippen LogP contribution in [0.4, 0.5) is 0 Å². The molecule has 8 nitrogen and oxygen atoms in total. The first-order valence-corrected chi connectivity index (χ1v) is 8.80. The van der Waals surface area contributed by atoms with Crippen LogP contribution in [0.1, 0.15) is 28.9 Å². The normalized spacial score (nSPS) is 16.4. The van der Waals surface area contributed by atoms with Crippen LogP contribution in [0.3, 0.4) is 0 Å². The molecule has 3 rings (SSSR count). The number of aromatic nitrogens is 2. The van der Waals surface area contributed by atoms with E-state index < -0.39 is 17.3 Å². The van der Waals surface area contributed by atoms with Crippen molar-refractivity contribution in [2.24, 2.45) is 14.1 Å². The largest absolute Gasteiger partial charge is 0.349 e. The van der Waals surface area contributed by atoms with Gasteiger partial charge in [0.05, 0.1) is 6.54 Å². The van der Waals surface area contributed by atoms with Crippen molar-refractivity contribution in [3.63, 3.8) is 0 Å². The Labute approximate surface area is 156 Å². The molecule has 142 valence electrons. The Bertz CT molecular complexity index is 977. The summed E-state index contributed by atoms with van der Waals surface area (Å²) >= 11 is 0. The highest BCUT2D eigenvalue weighted by molar-refractivity contribution is 5.97. The molecule has 1 aliphatic heterocycles. The Hall–Kier alpha value is -3.16. The number of rotatable bonds is 4. The van der Waals surface area contributed by atoms with Gasteiger partial charge in [0.2, 0.25) is 5.91 Å². The molecule has 1 aromatic carbocycles. The molecular weight excluding hydrogens is 348 g/mol. The van der Waals surface area contributed by atoms with Crippen LogP contribution < -0.4 is 16.6 Å². The number of hydrogen-bond acceptors (Lipinski definition) is 4. The molecule has 2 aromatic rings. The molecular formula is C19H22N4O4. The molecule has 1 N–H and O–H groups in total. The van der Waals surface area contributed by atoms with Crippen molar-refractivity contribution in [2.45, 2.75) is 25.4 Å². The third-order valence-electron chi connectivity index (χ3n) is 4.91. The number of nitrogens with one attached hydrogen (secondary N) is 1. The predicted octanol–water partition coefficient (Wildman–Crippen LogP) is 0.00500. The summed E-state index contributed by atoms with van der Waals surface area (Å²) < 4.78 is 2.33. The Morgan fingerprint density at radius 1 is 1.11 bits per heavy atom. The average Bonchev–Trinajstić information content (AvgIpc) is 3.18. The van der Waals surface area contributed by atoms with Crippen molar-refractivity contribution < 1.29 is 9.59 Å². The number of hydrogen-bond donors (Lipinski definition) is 1. The van der Waals surface area contributed by atoms with Gasteiger partial charge in [0, 0.05) is 38.0 Å². The summed E-state index contributed by atoms with van der Waals surface area (Å²) in [5.74, 6) is -0.459. The maximum atomic E-state index is 12.7. The topological polar surface area (TPSA) is 93.4 Å². The van der Waals surface area contributed by atoms with Crippen LogP contribution >= 0.6 is 0 Å². The molecule has 1 saturated heterocycles. The summed E-state index contributed by atoms with van der Waals surface area (Å²) in [5, 5.41) is 2.75. The monoisotopic (exact) mass is 370 g/mol. The molecule has 1 unspecified atom stereocenters. The molecule has 0 bridgehead atoms. The Morgan fingerprint density at radius 2 is 1.81 bits per heavy atom. The van der Waals surface area contributed by atoms with Gasteiger partial charge in [-0.05, 0) is 25.0 Å². The first kappa shape index (κ1) is 18.6. The number of nitrogens with zero attached hydrogens (tertiary/aromatic N) is 3. The second kappa shape index (κ2) is 7.61. The molecule has 8 heteroatoms. The molecule has 1 aliphatic rings. The first-order valence-electron chi connectivity index (χ1n) is 8.80. The van der Waals surface area contributed by atoms with E-state index in [2.05, 4.69) is 5.32 Å². The molecule has 0 spiro atoms. The van der Waals surface area contributed by atoms with Crippen LogP contribution in [0.25, 0.3) is 0 Å². The summed E-state index contributed by atoms with van der Waals surface area (Å²) in [6.45, 7) is 0.570. The zero-order chi connectivity index (χ0) is 19.6. The Morgan fingerprint density at radius 3 is 2.52 bits per heavy atom. The van der Waals surface area contributed by atoms with E-state index in [9.17, 15) is 19.2 Å². The van der Waals surface area contributed by atoms with Crippen molar-refractivity contribution >= 4 is 11.8 Å². The zero-order valence-corrected chi connectivity index (χ0v) is 15.3. The van der Waals surface area contributed by atoms with E-state index in [1.807, 2.05) is 6.07 Å². The van der Waals surface area contributed by atoms with Gasteiger partial charge < -0.3 is 10.2 Å². The summed E-state index contributed by atoms with van der Waals surface area (Å²) in [7, 11) is 2.95. The lowest BCUT2D eigenvalue weighted by atomic mass is 10.1. The molecule has 27 heavy (non-hydrogen) atoms. The van der Waals surface area contributed by atoms with Gasteiger partial charge in [0.15, 0.2) is 0 Å². The van der Waals surface area contributed by atoms with Crippen molar-refractivity contribution in [1.82, 2.24) is 19.4 Å². The van der Waals surface area contributed by atoms with E-state index in [0.717, 1.165) is 11.0 Å². The van der Waals surface area contributed by atoms with Gasteiger partial charge in [-0.1, -0.05) is 18.2 Å². The molecule has 1 aromatic heterocycles. The van der Waals surface area contributed by atoms with E-state index in [1.165, 1.54) is 17.7 Å². The van der Waals surface area contributed by atoms with E-state index in [1.54, 1.807) is 36.2 Å². The third kappa shape index (κ3) is 3.69. The number of carbonyl (C=O) groups excluding carboxylic acids is 2. The zero-order valence-electron chi connectivity index (χ0n) is 15.3. The van der Waals surface area contributed by atoms with Crippen molar-refractivity contribution in [3.05, 3.63) is 68.5 Å². The van der Waals surface area contributed by atoms with Gasteiger partial charge in [-0.3, -0.25) is 23.5 Å². The maximum Gasteiger partial charge on any atom is 0.330 e. The molecule has 0 aliphatic carbocycles. The molecule has 1 fully saturated rings. The average molecular weight is 370 g/mol. The maximum absolute atomic E-state index is 12.7.